The standard InChI is InChI=1S/C14H16N2O/c1-10(13-5-7-16-8-6-13)9-14(12(3)17)11(2)15-4/h5-9,15H,1-2H2,3-4H3/b14-9+. The van der Waals surface area contributed by atoms with E-state index in [0.29, 0.717) is 11.3 Å². The Morgan fingerprint density at radius 1 is 1.35 bits per heavy atom. The first-order valence-electron chi connectivity index (χ1n) is 5.25. The fourth-order valence-corrected chi connectivity index (χ4v) is 1.36. The highest BCUT2D eigenvalue weighted by Gasteiger charge is 2.08. The highest BCUT2D eigenvalue weighted by atomic mass is 16.1. The number of hydrogen-bond acceptors (Lipinski definition) is 3. The fraction of sp³-hybridized carbons (Fsp3) is 0.143. The number of aromatic nitrogens is 1. The van der Waals surface area contributed by atoms with Crippen LogP contribution in [-0.2, 0) is 4.79 Å². The molecule has 0 radical (unpaired) electrons. The molecule has 0 saturated heterocycles. The van der Waals surface area contributed by atoms with E-state index in [9.17, 15) is 4.79 Å². The van der Waals surface area contributed by atoms with Crippen molar-refractivity contribution in [3.05, 3.63) is 60.6 Å². The number of nitrogens with zero attached hydrogens (tertiary/aromatic N) is 1. The molecule has 3 nitrogen and oxygen atoms in total. The van der Waals surface area contributed by atoms with Crippen LogP contribution in [0.3, 0.4) is 0 Å². The number of allylic oxidation sites excluding steroid dienone is 3. The lowest BCUT2D eigenvalue weighted by Gasteiger charge is -2.08. The summed E-state index contributed by atoms with van der Waals surface area (Å²) in [5.74, 6) is -0.0421. The van der Waals surface area contributed by atoms with Gasteiger partial charge in [-0.2, -0.15) is 0 Å². The average molecular weight is 228 g/mol. The van der Waals surface area contributed by atoms with Crippen LogP contribution in [0.5, 0.6) is 0 Å². The molecule has 0 amide bonds. The summed E-state index contributed by atoms with van der Waals surface area (Å²) < 4.78 is 0. The second-order valence-electron chi connectivity index (χ2n) is 3.60. The number of likely N-dealkylation sites (N-methyl/N-ethyl adjacent to an activating group) is 1. The maximum atomic E-state index is 11.5. The third kappa shape index (κ3) is 3.41. The molecule has 17 heavy (non-hydrogen) atoms. The Labute approximate surface area is 102 Å². The lowest BCUT2D eigenvalue weighted by molar-refractivity contribution is -0.113. The Bertz CT molecular complexity index is 472. The second kappa shape index (κ2) is 5.80. The van der Waals surface area contributed by atoms with Crippen LogP contribution in [0.4, 0.5) is 0 Å². The van der Waals surface area contributed by atoms with E-state index >= 15 is 0 Å². The lowest BCUT2D eigenvalue weighted by Crippen LogP contribution is -2.12. The minimum absolute atomic E-state index is 0.0421. The van der Waals surface area contributed by atoms with E-state index in [1.54, 1.807) is 25.5 Å². The molecular weight excluding hydrogens is 212 g/mol. The van der Waals surface area contributed by atoms with Gasteiger partial charge in [0.2, 0.25) is 0 Å². The predicted octanol–water partition coefficient (Wildman–Crippen LogP) is 2.34. The van der Waals surface area contributed by atoms with Crippen LogP contribution in [0.1, 0.15) is 12.5 Å². The lowest BCUT2D eigenvalue weighted by atomic mass is 10.0. The smallest absolute Gasteiger partial charge is 0.161 e. The van der Waals surface area contributed by atoms with Gasteiger partial charge in [-0.05, 0) is 36.3 Å². The molecule has 1 heterocycles. The number of rotatable bonds is 5. The van der Waals surface area contributed by atoms with Crippen molar-refractivity contribution < 1.29 is 4.79 Å². The first-order chi connectivity index (χ1) is 8.06. The van der Waals surface area contributed by atoms with Gasteiger partial charge >= 0.3 is 0 Å². The van der Waals surface area contributed by atoms with Gasteiger partial charge in [-0.1, -0.05) is 13.2 Å². The Balaban J connectivity index is 3.04. The molecule has 0 spiro atoms. The Morgan fingerprint density at radius 3 is 2.41 bits per heavy atom. The highest BCUT2D eigenvalue weighted by Crippen LogP contribution is 2.17. The van der Waals surface area contributed by atoms with Crippen molar-refractivity contribution in [3.8, 4) is 0 Å². The molecule has 0 aliphatic rings. The van der Waals surface area contributed by atoms with Crippen molar-refractivity contribution in [2.45, 2.75) is 6.92 Å². The number of pyridine rings is 1. The third-order valence-electron chi connectivity index (χ3n) is 2.38. The van der Waals surface area contributed by atoms with Crippen molar-refractivity contribution in [2.75, 3.05) is 7.05 Å². The summed E-state index contributed by atoms with van der Waals surface area (Å²) in [6.45, 7) is 9.23. The molecule has 0 unspecified atom stereocenters. The maximum absolute atomic E-state index is 11.5. The van der Waals surface area contributed by atoms with Crippen molar-refractivity contribution in [1.29, 1.82) is 0 Å². The van der Waals surface area contributed by atoms with E-state index in [0.717, 1.165) is 11.1 Å². The minimum atomic E-state index is -0.0421. The van der Waals surface area contributed by atoms with E-state index in [2.05, 4.69) is 23.5 Å². The Hall–Kier alpha value is -2.16. The van der Waals surface area contributed by atoms with Crippen LogP contribution in [-0.4, -0.2) is 17.8 Å². The fourth-order valence-electron chi connectivity index (χ4n) is 1.36. The molecule has 0 saturated carbocycles. The zero-order valence-electron chi connectivity index (χ0n) is 10.2. The molecule has 0 aliphatic carbocycles. The van der Waals surface area contributed by atoms with Crippen LogP contribution in [0.2, 0.25) is 0 Å². The largest absolute Gasteiger partial charge is 0.388 e. The molecular formula is C14H16N2O. The summed E-state index contributed by atoms with van der Waals surface area (Å²) in [6.07, 6.45) is 5.11. The van der Waals surface area contributed by atoms with Gasteiger partial charge in [-0.3, -0.25) is 9.78 Å². The first-order valence-corrected chi connectivity index (χ1v) is 5.25. The number of carbonyl (C=O) groups excluding carboxylic acids is 1. The van der Waals surface area contributed by atoms with Gasteiger partial charge in [0.05, 0.1) is 0 Å². The minimum Gasteiger partial charge on any atom is -0.388 e. The SMILES string of the molecule is C=C(NC)/C(=C\C(=C)c1ccncc1)C(C)=O. The highest BCUT2D eigenvalue weighted by molar-refractivity contribution is 6.00. The molecule has 3 heteroatoms. The van der Waals surface area contributed by atoms with E-state index in [1.165, 1.54) is 6.92 Å². The monoisotopic (exact) mass is 228 g/mol. The summed E-state index contributed by atoms with van der Waals surface area (Å²) in [7, 11) is 1.73. The van der Waals surface area contributed by atoms with Gasteiger partial charge in [-0.15, -0.1) is 0 Å². The second-order valence-corrected chi connectivity index (χ2v) is 3.60. The molecule has 0 bridgehead atoms. The van der Waals surface area contributed by atoms with Crippen LogP contribution < -0.4 is 5.32 Å². The molecule has 0 atom stereocenters. The molecule has 0 aliphatic heterocycles. The quantitative estimate of drug-likeness (QED) is 0.621. The van der Waals surface area contributed by atoms with Gasteiger partial charge < -0.3 is 5.32 Å². The normalized spacial score (nSPS) is 10.8. The maximum Gasteiger partial charge on any atom is 0.161 e. The van der Waals surface area contributed by atoms with Crippen molar-refractivity contribution in [2.24, 2.45) is 0 Å². The number of Topliss-reactive ketones (excluding diaryl/α,β-unsaturated/α-hetero) is 1. The molecule has 88 valence electrons. The van der Waals surface area contributed by atoms with Crippen molar-refractivity contribution >= 4 is 11.4 Å². The number of nitrogens with one attached hydrogen (secondary N) is 1. The third-order valence-corrected chi connectivity index (χ3v) is 2.38. The molecule has 0 fully saturated rings. The Morgan fingerprint density at radius 2 is 1.94 bits per heavy atom. The van der Waals surface area contributed by atoms with E-state index in [4.69, 9.17) is 0 Å². The number of hydrogen-bond donors (Lipinski definition) is 1. The summed E-state index contributed by atoms with van der Waals surface area (Å²) in [5, 5.41) is 2.87. The zero-order chi connectivity index (χ0) is 12.8. The average Bonchev–Trinajstić information content (AvgIpc) is 2.35. The predicted molar refractivity (Wildman–Crippen MR) is 70.2 cm³/mol. The van der Waals surface area contributed by atoms with E-state index in [-0.39, 0.29) is 5.78 Å². The van der Waals surface area contributed by atoms with Crippen LogP contribution >= 0.6 is 0 Å². The summed E-state index contributed by atoms with van der Waals surface area (Å²) in [5.41, 5.74) is 2.82. The first kappa shape index (κ1) is 12.9. The number of ketones is 1. The number of carbonyl (C=O) groups is 1. The van der Waals surface area contributed by atoms with Crippen LogP contribution in [0, 0.1) is 0 Å². The summed E-state index contributed by atoms with van der Waals surface area (Å²) in [4.78, 5) is 15.4. The van der Waals surface area contributed by atoms with Gasteiger partial charge in [-0.25, -0.2) is 0 Å². The molecule has 1 aromatic rings. The van der Waals surface area contributed by atoms with Gasteiger partial charge in [0.1, 0.15) is 0 Å². The van der Waals surface area contributed by atoms with Crippen LogP contribution in [0.15, 0.2) is 55.0 Å². The molecule has 1 N–H and O–H groups in total. The molecule has 1 rings (SSSR count). The van der Waals surface area contributed by atoms with Gasteiger partial charge in [0.15, 0.2) is 5.78 Å². The Kier molecular flexibility index (Phi) is 4.40. The molecule has 1 aromatic heterocycles. The topological polar surface area (TPSA) is 42.0 Å². The summed E-state index contributed by atoms with van der Waals surface area (Å²) >= 11 is 0. The molecule has 0 aromatic carbocycles. The van der Waals surface area contributed by atoms with E-state index in [1.807, 2.05) is 12.1 Å². The van der Waals surface area contributed by atoms with Crippen molar-refractivity contribution in [3.63, 3.8) is 0 Å². The van der Waals surface area contributed by atoms with Crippen molar-refractivity contribution in [1.82, 2.24) is 10.3 Å². The van der Waals surface area contributed by atoms with Gasteiger partial charge in [0, 0.05) is 30.7 Å². The zero-order valence-corrected chi connectivity index (χ0v) is 10.2. The van der Waals surface area contributed by atoms with Gasteiger partial charge in [0.25, 0.3) is 0 Å². The van der Waals surface area contributed by atoms with E-state index < -0.39 is 0 Å². The summed E-state index contributed by atoms with van der Waals surface area (Å²) in [6, 6.07) is 3.69. The van der Waals surface area contributed by atoms with Crippen LogP contribution in [0.25, 0.3) is 5.57 Å².